The van der Waals surface area contributed by atoms with Crippen LogP contribution in [-0.2, 0) is 9.59 Å². The molecule has 29 heavy (non-hydrogen) atoms. The Morgan fingerprint density at radius 2 is 1.90 bits per heavy atom. The Balaban J connectivity index is 2.86. The molecule has 13 heteroatoms. The number of urea groups is 1. The zero-order chi connectivity index (χ0) is 22.0. The highest BCUT2D eigenvalue weighted by molar-refractivity contribution is 5.83. The van der Waals surface area contributed by atoms with E-state index < -0.39 is 42.1 Å². The Kier molecular flexibility index (Phi) is 9.99. The van der Waals surface area contributed by atoms with Crippen molar-refractivity contribution in [3.63, 3.8) is 0 Å². The van der Waals surface area contributed by atoms with E-state index in [9.17, 15) is 19.5 Å². The average Bonchev–Trinajstić information content (AvgIpc) is 3.12. The van der Waals surface area contributed by atoms with Gasteiger partial charge < -0.3 is 42.6 Å². The second kappa shape index (κ2) is 11.9. The molecule has 0 aliphatic heterocycles. The zero-order valence-corrected chi connectivity index (χ0v) is 16.2. The molecule has 4 atom stereocenters. The number of nitrogens with two attached hydrogens (primary N) is 3. The number of aliphatic hydroxyl groups is 1. The standard InChI is InChI=1S/C16H29N7O6/c1-8(24)12(15(26)27)21-16(28)20-10(5-6-11(19)25)14-22-13(23-29-14)9(18)4-2-3-7-17/h8-10,12,24H,2-7,17-18H2,1H3,(H2,19,25)(H,26,27)(H2,20,21,28)/t8?,9-,10-,12?/m0/s1. The first-order valence-corrected chi connectivity index (χ1v) is 9.21. The maximum Gasteiger partial charge on any atom is 0.328 e. The number of rotatable bonds is 13. The van der Waals surface area contributed by atoms with Crippen LogP contribution in [0.25, 0.3) is 0 Å². The maximum atomic E-state index is 12.2. The van der Waals surface area contributed by atoms with E-state index in [2.05, 4.69) is 20.8 Å². The number of aliphatic hydroxyl groups excluding tert-OH is 1. The first-order chi connectivity index (χ1) is 13.6. The third-order valence-corrected chi connectivity index (χ3v) is 4.08. The van der Waals surface area contributed by atoms with E-state index in [0.717, 1.165) is 12.8 Å². The number of primary amides is 1. The number of carboxylic acid groups (broad SMARTS) is 1. The molecule has 1 aromatic rings. The molecule has 13 nitrogen and oxygen atoms in total. The van der Waals surface area contributed by atoms with Crippen LogP contribution in [0.2, 0.25) is 0 Å². The lowest BCUT2D eigenvalue weighted by Crippen LogP contribution is -2.51. The summed E-state index contributed by atoms with van der Waals surface area (Å²) < 4.78 is 5.16. The van der Waals surface area contributed by atoms with Gasteiger partial charge in [0.05, 0.1) is 12.1 Å². The third kappa shape index (κ3) is 8.41. The van der Waals surface area contributed by atoms with Crippen LogP contribution in [0, 0.1) is 0 Å². The van der Waals surface area contributed by atoms with Gasteiger partial charge in [0.25, 0.3) is 0 Å². The number of aromatic nitrogens is 2. The second-order valence-corrected chi connectivity index (χ2v) is 6.61. The summed E-state index contributed by atoms with van der Waals surface area (Å²) in [6, 6.07) is -3.83. The summed E-state index contributed by atoms with van der Waals surface area (Å²) in [5.74, 6) is -1.79. The van der Waals surface area contributed by atoms with Gasteiger partial charge >= 0.3 is 12.0 Å². The van der Waals surface area contributed by atoms with Crippen molar-refractivity contribution in [1.82, 2.24) is 20.8 Å². The number of carbonyl (C=O) groups is 3. The van der Waals surface area contributed by atoms with Crippen molar-refractivity contribution in [2.75, 3.05) is 6.54 Å². The number of aliphatic carboxylic acids is 1. The van der Waals surface area contributed by atoms with E-state index in [1.54, 1.807) is 0 Å². The normalized spacial score (nSPS) is 15.2. The molecule has 0 bridgehead atoms. The van der Waals surface area contributed by atoms with Gasteiger partial charge in [-0.2, -0.15) is 4.98 Å². The molecule has 0 fully saturated rings. The lowest BCUT2D eigenvalue weighted by atomic mass is 10.1. The van der Waals surface area contributed by atoms with Crippen molar-refractivity contribution in [2.24, 2.45) is 17.2 Å². The summed E-state index contributed by atoms with van der Waals surface area (Å²) in [5, 5.41) is 26.9. The molecule has 0 aliphatic carbocycles. The zero-order valence-electron chi connectivity index (χ0n) is 16.2. The Morgan fingerprint density at radius 1 is 1.21 bits per heavy atom. The van der Waals surface area contributed by atoms with E-state index in [0.29, 0.717) is 13.0 Å². The molecule has 0 aromatic carbocycles. The van der Waals surface area contributed by atoms with Crippen molar-refractivity contribution in [1.29, 1.82) is 0 Å². The predicted octanol–water partition coefficient (Wildman–Crippen LogP) is -1.36. The molecule has 164 valence electrons. The fourth-order valence-corrected chi connectivity index (χ4v) is 2.45. The SMILES string of the molecule is CC(O)C(NC(=O)N[C@@H](CCC(N)=O)c1nc([C@@H](N)CCCCN)no1)C(=O)O. The highest BCUT2D eigenvalue weighted by atomic mass is 16.5. The van der Waals surface area contributed by atoms with Gasteiger partial charge in [-0.05, 0) is 32.7 Å². The fraction of sp³-hybridized carbons (Fsp3) is 0.688. The number of unbranched alkanes of at least 4 members (excludes halogenated alkanes) is 1. The fourth-order valence-electron chi connectivity index (χ4n) is 2.45. The minimum atomic E-state index is -1.53. The highest BCUT2D eigenvalue weighted by Gasteiger charge is 2.28. The molecule has 0 spiro atoms. The van der Waals surface area contributed by atoms with Crippen LogP contribution in [0.1, 0.15) is 62.8 Å². The molecule has 0 aliphatic rings. The minimum Gasteiger partial charge on any atom is -0.480 e. The first kappa shape index (κ1) is 24.3. The number of nitrogens with one attached hydrogen (secondary N) is 2. The summed E-state index contributed by atoms with van der Waals surface area (Å²) in [7, 11) is 0. The monoisotopic (exact) mass is 415 g/mol. The van der Waals surface area contributed by atoms with Crippen molar-refractivity contribution < 1.29 is 29.1 Å². The van der Waals surface area contributed by atoms with Gasteiger partial charge in [-0.25, -0.2) is 9.59 Å². The number of hydrogen-bond donors (Lipinski definition) is 7. The van der Waals surface area contributed by atoms with Crippen LogP contribution in [0.4, 0.5) is 4.79 Å². The van der Waals surface area contributed by atoms with Gasteiger partial charge in [0, 0.05) is 6.42 Å². The van der Waals surface area contributed by atoms with Crippen molar-refractivity contribution >= 4 is 17.9 Å². The van der Waals surface area contributed by atoms with Crippen molar-refractivity contribution in [3.05, 3.63) is 11.7 Å². The van der Waals surface area contributed by atoms with Crippen LogP contribution in [0.15, 0.2) is 4.52 Å². The number of nitrogens with zero attached hydrogens (tertiary/aromatic N) is 2. The molecular weight excluding hydrogens is 386 g/mol. The molecular formula is C16H29N7O6. The molecule has 2 unspecified atom stereocenters. The van der Waals surface area contributed by atoms with Crippen LogP contribution in [-0.4, -0.2) is 57.0 Å². The largest absolute Gasteiger partial charge is 0.480 e. The molecule has 3 amide bonds. The Labute approximate surface area is 167 Å². The first-order valence-electron chi connectivity index (χ1n) is 9.21. The van der Waals surface area contributed by atoms with E-state index in [1.165, 1.54) is 6.92 Å². The van der Waals surface area contributed by atoms with Crippen molar-refractivity contribution in [2.45, 2.75) is 63.3 Å². The average molecular weight is 415 g/mol. The number of hydrogen-bond acceptors (Lipinski definition) is 9. The van der Waals surface area contributed by atoms with E-state index in [1.807, 2.05) is 0 Å². The van der Waals surface area contributed by atoms with Crippen LogP contribution in [0.3, 0.4) is 0 Å². The van der Waals surface area contributed by atoms with Crippen LogP contribution < -0.4 is 27.8 Å². The van der Waals surface area contributed by atoms with Gasteiger partial charge in [0.2, 0.25) is 11.8 Å². The van der Waals surface area contributed by atoms with Gasteiger partial charge in [0.1, 0.15) is 6.04 Å². The van der Waals surface area contributed by atoms with Crippen LogP contribution >= 0.6 is 0 Å². The summed E-state index contributed by atoms with van der Waals surface area (Å²) in [6.07, 6.45) is 0.788. The summed E-state index contributed by atoms with van der Waals surface area (Å²) in [5.41, 5.74) is 16.6. The Bertz CT molecular complexity index is 680. The molecule has 0 saturated heterocycles. The van der Waals surface area contributed by atoms with E-state index in [4.69, 9.17) is 26.8 Å². The van der Waals surface area contributed by atoms with E-state index in [-0.39, 0.29) is 24.6 Å². The van der Waals surface area contributed by atoms with Crippen LogP contribution in [0.5, 0.6) is 0 Å². The summed E-state index contributed by atoms with van der Waals surface area (Å²) in [4.78, 5) is 38.6. The molecule has 0 saturated carbocycles. The third-order valence-electron chi connectivity index (χ3n) is 4.08. The number of amides is 3. The highest BCUT2D eigenvalue weighted by Crippen LogP contribution is 2.20. The smallest absolute Gasteiger partial charge is 0.328 e. The maximum absolute atomic E-state index is 12.2. The second-order valence-electron chi connectivity index (χ2n) is 6.61. The molecule has 1 heterocycles. The molecule has 1 aromatic heterocycles. The lowest BCUT2D eigenvalue weighted by molar-refractivity contribution is -0.141. The Morgan fingerprint density at radius 3 is 2.45 bits per heavy atom. The van der Waals surface area contributed by atoms with Crippen molar-refractivity contribution in [3.8, 4) is 0 Å². The predicted molar refractivity (Wildman–Crippen MR) is 100 cm³/mol. The van der Waals surface area contributed by atoms with Gasteiger partial charge in [0.15, 0.2) is 11.9 Å². The molecule has 0 radical (unpaired) electrons. The molecule has 1 rings (SSSR count). The van der Waals surface area contributed by atoms with E-state index >= 15 is 0 Å². The molecule has 10 N–H and O–H groups in total. The van der Waals surface area contributed by atoms with Gasteiger partial charge in [-0.15, -0.1) is 0 Å². The lowest BCUT2D eigenvalue weighted by Gasteiger charge is -2.20. The van der Waals surface area contributed by atoms with Gasteiger partial charge in [-0.3, -0.25) is 4.79 Å². The minimum absolute atomic E-state index is 0.00500. The topological polar surface area (TPSA) is 233 Å². The number of carboxylic acids is 1. The number of carbonyl (C=O) groups excluding carboxylic acids is 2. The summed E-state index contributed by atoms with van der Waals surface area (Å²) in [6.45, 7) is 1.77. The van der Waals surface area contributed by atoms with Gasteiger partial charge in [-0.1, -0.05) is 11.6 Å². The quantitative estimate of drug-likeness (QED) is 0.187. The Hall–Kier alpha value is -2.77. The summed E-state index contributed by atoms with van der Waals surface area (Å²) >= 11 is 0.